The summed E-state index contributed by atoms with van der Waals surface area (Å²) in [7, 11) is 0. The topological polar surface area (TPSA) is 74.0 Å². The molecule has 1 aromatic heterocycles. The van der Waals surface area contributed by atoms with Crippen LogP contribution in [0.2, 0.25) is 0 Å². The van der Waals surface area contributed by atoms with Crippen LogP contribution in [0.5, 0.6) is 5.75 Å². The number of amides is 2. The number of rotatable bonds is 2. The van der Waals surface area contributed by atoms with Gasteiger partial charge in [-0.05, 0) is 69.9 Å². The van der Waals surface area contributed by atoms with Crippen LogP contribution in [-0.4, -0.2) is 51.9 Å². The van der Waals surface area contributed by atoms with Crippen molar-refractivity contribution in [2.75, 3.05) is 13.1 Å². The highest BCUT2D eigenvalue weighted by Crippen LogP contribution is 2.36. The Morgan fingerprint density at radius 1 is 0.929 bits per heavy atom. The van der Waals surface area contributed by atoms with Crippen molar-refractivity contribution in [2.45, 2.75) is 52.6 Å². The maximum absolute atomic E-state index is 13.1. The molecule has 2 amide bonds. The first kappa shape index (κ1) is 18.6. The van der Waals surface area contributed by atoms with Gasteiger partial charge in [-0.3, -0.25) is 9.59 Å². The average Bonchev–Trinajstić information content (AvgIpc) is 2.96. The molecule has 2 heterocycles. The maximum Gasteiger partial charge on any atom is 0.257 e. The number of hydrogen-bond acceptors (Lipinski definition) is 4. The Morgan fingerprint density at radius 3 is 1.93 bits per heavy atom. The summed E-state index contributed by atoms with van der Waals surface area (Å²) in [5.74, 6) is 1.58. The fourth-order valence-corrected chi connectivity index (χ4v) is 4.49. The van der Waals surface area contributed by atoms with Crippen LogP contribution in [0.25, 0.3) is 0 Å². The molecule has 2 aromatic rings. The van der Waals surface area contributed by atoms with E-state index in [-0.39, 0.29) is 29.6 Å². The van der Waals surface area contributed by atoms with Gasteiger partial charge in [0.25, 0.3) is 11.8 Å². The second-order valence-corrected chi connectivity index (χ2v) is 7.99. The predicted molar refractivity (Wildman–Crippen MR) is 105 cm³/mol. The van der Waals surface area contributed by atoms with Crippen molar-refractivity contribution < 1.29 is 19.1 Å². The summed E-state index contributed by atoms with van der Waals surface area (Å²) in [6.07, 6.45) is 1.81. The van der Waals surface area contributed by atoms with Gasteiger partial charge >= 0.3 is 0 Å². The molecule has 1 aliphatic heterocycles. The van der Waals surface area contributed by atoms with Crippen LogP contribution in [0.1, 0.15) is 56.2 Å². The second kappa shape index (κ2) is 6.69. The Labute approximate surface area is 164 Å². The van der Waals surface area contributed by atoms with E-state index in [1.165, 1.54) is 0 Å². The minimum Gasteiger partial charge on any atom is -0.507 e. The standard InChI is InChI=1S/C22H26N2O4/c1-12-9-16(10-13(2)20(12)25)21(26)23-7-8-24(19-6-5-18(19)23)22(27)17-11-14(3)28-15(17)4/h9-11,18-19,25H,5-8H2,1-4H3/t18-,19-/m1/s1. The molecule has 1 aromatic carbocycles. The summed E-state index contributed by atoms with van der Waals surface area (Å²) in [6.45, 7) is 8.29. The van der Waals surface area contributed by atoms with Crippen LogP contribution in [-0.2, 0) is 0 Å². The second-order valence-electron chi connectivity index (χ2n) is 7.99. The lowest BCUT2D eigenvalue weighted by atomic mass is 9.81. The molecule has 2 aliphatic rings. The third kappa shape index (κ3) is 2.87. The molecule has 1 N–H and O–H groups in total. The molecule has 1 saturated carbocycles. The van der Waals surface area contributed by atoms with Gasteiger partial charge in [0.05, 0.1) is 17.6 Å². The van der Waals surface area contributed by atoms with E-state index in [0.717, 1.165) is 18.6 Å². The van der Waals surface area contributed by atoms with Crippen LogP contribution < -0.4 is 0 Å². The highest BCUT2D eigenvalue weighted by Gasteiger charge is 2.47. The molecule has 1 saturated heterocycles. The van der Waals surface area contributed by atoms with Gasteiger partial charge in [-0.25, -0.2) is 0 Å². The molecule has 28 heavy (non-hydrogen) atoms. The SMILES string of the molecule is Cc1cc(C(=O)N2CCN(C(=O)c3cc(C)c(O)c(C)c3)[C@@H]3CC[C@H]32)c(C)o1. The Bertz CT molecular complexity index is 938. The quantitative estimate of drug-likeness (QED) is 0.864. The van der Waals surface area contributed by atoms with E-state index in [9.17, 15) is 14.7 Å². The summed E-state index contributed by atoms with van der Waals surface area (Å²) in [5, 5.41) is 9.98. The minimum atomic E-state index is -0.0247. The number of piperazine rings is 1. The van der Waals surface area contributed by atoms with E-state index in [4.69, 9.17) is 4.42 Å². The Balaban J connectivity index is 1.54. The molecule has 1 aliphatic carbocycles. The lowest BCUT2D eigenvalue weighted by molar-refractivity contribution is -0.0188. The number of benzene rings is 1. The van der Waals surface area contributed by atoms with E-state index in [1.54, 1.807) is 32.0 Å². The molecule has 6 nitrogen and oxygen atoms in total. The van der Waals surface area contributed by atoms with Crippen LogP contribution >= 0.6 is 0 Å². The summed E-state index contributed by atoms with van der Waals surface area (Å²) < 4.78 is 5.52. The molecule has 2 atom stereocenters. The van der Waals surface area contributed by atoms with Crippen molar-refractivity contribution in [1.82, 2.24) is 9.80 Å². The summed E-state index contributed by atoms with van der Waals surface area (Å²) in [6, 6.07) is 5.39. The first-order chi connectivity index (χ1) is 13.3. The van der Waals surface area contributed by atoms with Gasteiger partial charge in [0.2, 0.25) is 0 Å². The number of phenolic OH excluding ortho intramolecular Hbond substituents is 1. The van der Waals surface area contributed by atoms with E-state index in [1.807, 2.05) is 23.6 Å². The lowest BCUT2D eigenvalue weighted by Gasteiger charge is -2.53. The number of fused-ring (bicyclic) bond motifs is 1. The number of phenols is 1. The van der Waals surface area contributed by atoms with Crippen molar-refractivity contribution >= 4 is 11.8 Å². The zero-order chi connectivity index (χ0) is 20.2. The molecular formula is C22H26N2O4. The smallest absolute Gasteiger partial charge is 0.257 e. The normalized spacial score (nSPS) is 21.3. The molecular weight excluding hydrogens is 356 g/mol. The van der Waals surface area contributed by atoms with Crippen molar-refractivity contribution in [2.24, 2.45) is 0 Å². The predicted octanol–water partition coefficient (Wildman–Crippen LogP) is 3.35. The molecule has 0 bridgehead atoms. The number of aromatic hydroxyl groups is 1. The zero-order valence-electron chi connectivity index (χ0n) is 16.8. The van der Waals surface area contributed by atoms with Gasteiger partial charge in [0, 0.05) is 18.7 Å². The molecule has 0 unspecified atom stereocenters. The van der Waals surface area contributed by atoms with Gasteiger partial charge < -0.3 is 19.3 Å². The van der Waals surface area contributed by atoms with Crippen LogP contribution in [0.3, 0.4) is 0 Å². The number of hydrogen-bond donors (Lipinski definition) is 1. The van der Waals surface area contributed by atoms with Crippen LogP contribution in [0.4, 0.5) is 0 Å². The van der Waals surface area contributed by atoms with Crippen molar-refractivity contribution in [3.63, 3.8) is 0 Å². The maximum atomic E-state index is 13.1. The summed E-state index contributed by atoms with van der Waals surface area (Å²) in [5.41, 5.74) is 2.62. The summed E-state index contributed by atoms with van der Waals surface area (Å²) in [4.78, 5) is 30.0. The minimum absolute atomic E-state index is 0.00697. The number of aryl methyl sites for hydroxylation is 4. The number of furan rings is 1. The first-order valence-corrected chi connectivity index (χ1v) is 9.77. The zero-order valence-corrected chi connectivity index (χ0v) is 16.8. The fourth-order valence-electron chi connectivity index (χ4n) is 4.49. The Kier molecular flexibility index (Phi) is 4.44. The molecule has 6 heteroatoms. The first-order valence-electron chi connectivity index (χ1n) is 9.77. The molecule has 4 rings (SSSR count). The van der Waals surface area contributed by atoms with Gasteiger partial charge in [-0.15, -0.1) is 0 Å². The highest BCUT2D eigenvalue weighted by atomic mass is 16.3. The molecule has 2 fully saturated rings. The van der Waals surface area contributed by atoms with Crippen molar-refractivity contribution in [3.05, 3.63) is 52.0 Å². The van der Waals surface area contributed by atoms with E-state index in [2.05, 4.69) is 0 Å². The average molecular weight is 382 g/mol. The van der Waals surface area contributed by atoms with E-state index < -0.39 is 0 Å². The lowest BCUT2D eigenvalue weighted by Crippen LogP contribution is -2.67. The number of carbonyl (C=O) groups is 2. The van der Waals surface area contributed by atoms with Crippen LogP contribution in [0.15, 0.2) is 22.6 Å². The van der Waals surface area contributed by atoms with Gasteiger partial charge in [0.1, 0.15) is 17.3 Å². The monoisotopic (exact) mass is 382 g/mol. The molecule has 0 radical (unpaired) electrons. The molecule has 0 spiro atoms. The van der Waals surface area contributed by atoms with Gasteiger partial charge in [-0.2, -0.15) is 0 Å². The van der Waals surface area contributed by atoms with E-state index in [0.29, 0.717) is 41.1 Å². The Morgan fingerprint density at radius 2 is 1.46 bits per heavy atom. The van der Waals surface area contributed by atoms with Crippen molar-refractivity contribution in [1.29, 1.82) is 0 Å². The number of nitrogens with zero attached hydrogens (tertiary/aromatic N) is 2. The highest BCUT2D eigenvalue weighted by molar-refractivity contribution is 5.97. The fraction of sp³-hybridized carbons (Fsp3) is 0.455. The van der Waals surface area contributed by atoms with Gasteiger partial charge in [-0.1, -0.05) is 0 Å². The third-order valence-electron chi connectivity index (χ3n) is 6.12. The van der Waals surface area contributed by atoms with Crippen molar-refractivity contribution in [3.8, 4) is 5.75 Å². The molecule has 148 valence electrons. The third-order valence-corrected chi connectivity index (χ3v) is 6.12. The van der Waals surface area contributed by atoms with Gasteiger partial charge in [0.15, 0.2) is 0 Å². The van der Waals surface area contributed by atoms with Crippen LogP contribution in [0, 0.1) is 27.7 Å². The largest absolute Gasteiger partial charge is 0.507 e. The summed E-state index contributed by atoms with van der Waals surface area (Å²) >= 11 is 0. The van der Waals surface area contributed by atoms with E-state index >= 15 is 0 Å². The Hall–Kier alpha value is -2.76. The number of carbonyl (C=O) groups excluding carboxylic acids is 2.